The summed E-state index contributed by atoms with van der Waals surface area (Å²) in [5, 5.41) is 8.92. The minimum atomic E-state index is 0.0593. The van der Waals surface area contributed by atoms with Gasteiger partial charge < -0.3 is 9.64 Å². The van der Waals surface area contributed by atoms with Crippen molar-refractivity contribution in [1.29, 1.82) is 0 Å². The molecule has 0 bridgehead atoms. The van der Waals surface area contributed by atoms with E-state index in [0.29, 0.717) is 6.04 Å². The van der Waals surface area contributed by atoms with Crippen LogP contribution in [0.25, 0.3) is 0 Å². The highest BCUT2D eigenvalue weighted by Crippen LogP contribution is 2.24. The van der Waals surface area contributed by atoms with Gasteiger partial charge in [0.2, 0.25) is 0 Å². The molecule has 0 saturated carbocycles. The quantitative estimate of drug-likeness (QED) is 0.837. The summed E-state index contributed by atoms with van der Waals surface area (Å²) in [6, 6.07) is 4.89. The lowest BCUT2D eigenvalue weighted by atomic mass is 9.92. The second-order valence-corrected chi connectivity index (χ2v) is 7.42. The third-order valence-electron chi connectivity index (χ3n) is 4.70. The number of ether oxygens (including phenoxy) is 1. The number of nitrogens with zero attached hydrogens (tertiary/aromatic N) is 4. The summed E-state index contributed by atoms with van der Waals surface area (Å²) >= 11 is 0. The monoisotopic (exact) mass is 304 g/mol. The lowest BCUT2D eigenvalue weighted by Crippen LogP contribution is -2.51. The molecule has 2 aliphatic rings. The van der Waals surface area contributed by atoms with Crippen molar-refractivity contribution in [2.75, 3.05) is 44.3 Å². The van der Waals surface area contributed by atoms with E-state index in [1.54, 1.807) is 0 Å². The second-order valence-electron chi connectivity index (χ2n) is 7.42. The summed E-state index contributed by atoms with van der Waals surface area (Å²) in [4.78, 5) is 4.97. The first-order chi connectivity index (χ1) is 10.5. The van der Waals surface area contributed by atoms with Crippen LogP contribution in [0, 0.1) is 0 Å². The molecule has 5 nitrogen and oxygen atoms in total. The van der Waals surface area contributed by atoms with Crippen molar-refractivity contribution in [1.82, 2.24) is 15.1 Å². The molecule has 2 fully saturated rings. The molecule has 1 aromatic heterocycles. The van der Waals surface area contributed by atoms with Gasteiger partial charge in [-0.15, -0.1) is 5.10 Å². The van der Waals surface area contributed by atoms with Crippen molar-refractivity contribution in [2.45, 2.75) is 45.1 Å². The van der Waals surface area contributed by atoms with Gasteiger partial charge in [-0.05, 0) is 25.0 Å². The first kappa shape index (κ1) is 15.7. The Labute approximate surface area is 133 Å². The van der Waals surface area contributed by atoms with Crippen LogP contribution in [0.2, 0.25) is 0 Å². The van der Waals surface area contributed by atoms with Gasteiger partial charge in [0.25, 0.3) is 0 Å². The highest BCUT2D eigenvalue weighted by atomic mass is 16.5. The Hall–Kier alpha value is -1.20. The van der Waals surface area contributed by atoms with Crippen LogP contribution in [-0.4, -0.2) is 60.5 Å². The normalized spacial score (nSPS) is 24.5. The van der Waals surface area contributed by atoms with Crippen molar-refractivity contribution in [3.63, 3.8) is 0 Å². The number of aromatic nitrogens is 2. The molecule has 0 spiro atoms. The van der Waals surface area contributed by atoms with E-state index in [-0.39, 0.29) is 5.41 Å². The maximum Gasteiger partial charge on any atom is 0.151 e. The van der Waals surface area contributed by atoms with Crippen molar-refractivity contribution < 1.29 is 4.74 Å². The van der Waals surface area contributed by atoms with Gasteiger partial charge in [0, 0.05) is 37.6 Å². The van der Waals surface area contributed by atoms with E-state index in [0.717, 1.165) is 50.9 Å². The first-order valence-electron chi connectivity index (χ1n) is 8.45. The molecule has 2 aliphatic heterocycles. The molecule has 0 N–H and O–H groups in total. The molecular formula is C17H28N4O. The van der Waals surface area contributed by atoms with Gasteiger partial charge in [-0.2, -0.15) is 5.10 Å². The Bertz CT molecular complexity index is 476. The smallest absolute Gasteiger partial charge is 0.151 e. The Morgan fingerprint density at radius 2 is 1.86 bits per heavy atom. The number of morpholine rings is 1. The molecule has 1 unspecified atom stereocenters. The van der Waals surface area contributed by atoms with Gasteiger partial charge in [-0.1, -0.05) is 20.8 Å². The minimum absolute atomic E-state index is 0.0593. The number of anilines is 1. The molecular weight excluding hydrogens is 276 g/mol. The average molecular weight is 304 g/mol. The van der Waals surface area contributed by atoms with Crippen LogP contribution in [0.5, 0.6) is 0 Å². The Kier molecular flexibility index (Phi) is 4.64. The molecule has 1 aromatic rings. The molecule has 0 amide bonds. The fraction of sp³-hybridized carbons (Fsp3) is 0.765. The number of hydrogen-bond donors (Lipinski definition) is 0. The molecule has 1 atom stereocenters. The van der Waals surface area contributed by atoms with E-state index in [1.165, 1.54) is 12.8 Å². The van der Waals surface area contributed by atoms with Crippen LogP contribution in [0.1, 0.15) is 39.3 Å². The molecule has 3 rings (SSSR count). The van der Waals surface area contributed by atoms with Gasteiger partial charge in [-0.3, -0.25) is 4.90 Å². The summed E-state index contributed by atoms with van der Waals surface area (Å²) in [6.07, 6.45) is 2.51. The van der Waals surface area contributed by atoms with Crippen LogP contribution >= 0.6 is 0 Å². The molecule has 122 valence electrons. The van der Waals surface area contributed by atoms with Gasteiger partial charge in [-0.25, -0.2) is 0 Å². The highest BCUT2D eigenvalue weighted by Gasteiger charge is 2.27. The summed E-state index contributed by atoms with van der Waals surface area (Å²) in [5.41, 5.74) is 1.11. The second kappa shape index (κ2) is 6.50. The standard InChI is InChI=1S/C17H28N4O/c1-17(2,3)15-6-7-16(19-18-15)21-8-4-5-14(13-21)20-9-11-22-12-10-20/h6-7,14H,4-5,8-13H2,1-3H3. The highest BCUT2D eigenvalue weighted by molar-refractivity contribution is 5.39. The molecule has 0 aromatic carbocycles. The fourth-order valence-corrected chi connectivity index (χ4v) is 3.30. The molecule has 0 aliphatic carbocycles. The van der Waals surface area contributed by atoms with E-state index in [9.17, 15) is 0 Å². The van der Waals surface area contributed by atoms with Gasteiger partial charge >= 0.3 is 0 Å². The van der Waals surface area contributed by atoms with Crippen LogP contribution in [-0.2, 0) is 10.2 Å². The van der Waals surface area contributed by atoms with E-state index >= 15 is 0 Å². The lowest BCUT2D eigenvalue weighted by molar-refractivity contribution is 0.0137. The lowest BCUT2D eigenvalue weighted by Gasteiger charge is -2.41. The first-order valence-corrected chi connectivity index (χ1v) is 8.45. The maximum absolute atomic E-state index is 5.47. The maximum atomic E-state index is 5.47. The topological polar surface area (TPSA) is 41.5 Å². The summed E-state index contributed by atoms with van der Waals surface area (Å²) in [6.45, 7) is 12.5. The minimum Gasteiger partial charge on any atom is -0.379 e. The summed E-state index contributed by atoms with van der Waals surface area (Å²) in [5.74, 6) is 1.02. The van der Waals surface area contributed by atoms with Crippen molar-refractivity contribution in [2.24, 2.45) is 0 Å². The summed E-state index contributed by atoms with van der Waals surface area (Å²) < 4.78 is 5.47. The molecule has 3 heterocycles. The zero-order chi connectivity index (χ0) is 15.6. The predicted molar refractivity (Wildman–Crippen MR) is 88.4 cm³/mol. The third-order valence-corrected chi connectivity index (χ3v) is 4.70. The predicted octanol–water partition coefficient (Wildman–Crippen LogP) is 2.08. The van der Waals surface area contributed by atoms with Crippen LogP contribution in [0.3, 0.4) is 0 Å². The molecule has 5 heteroatoms. The van der Waals surface area contributed by atoms with Crippen molar-refractivity contribution in [3.05, 3.63) is 17.8 Å². The Balaban J connectivity index is 1.66. The zero-order valence-corrected chi connectivity index (χ0v) is 14.1. The largest absolute Gasteiger partial charge is 0.379 e. The van der Waals surface area contributed by atoms with Gasteiger partial charge in [0.1, 0.15) is 0 Å². The SMILES string of the molecule is CC(C)(C)c1ccc(N2CCCC(N3CCOCC3)C2)nn1. The van der Waals surface area contributed by atoms with E-state index in [2.05, 4.69) is 52.9 Å². The van der Waals surface area contributed by atoms with Gasteiger partial charge in [0.15, 0.2) is 5.82 Å². The van der Waals surface area contributed by atoms with Crippen molar-refractivity contribution in [3.8, 4) is 0 Å². The Morgan fingerprint density at radius 1 is 1.09 bits per heavy atom. The zero-order valence-electron chi connectivity index (χ0n) is 14.1. The number of rotatable bonds is 2. The summed E-state index contributed by atoms with van der Waals surface area (Å²) in [7, 11) is 0. The van der Waals surface area contributed by atoms with Crippen LogP contribution in [0.4, 0.5) is 5.82 Å². The van der Waals surface area contributed by atoms with E-state index < -0.39 is 0 Å². The van der Waals surface area contributed by atoms with E-state index in [1.807, 2.05) is 0 Å². The van der Waals surface area contributed by atoms with Crippen molar-refractivity contribution >= 4 is 5.82 Å². The number of hydrogen-bond acceptors (Lipinski definition) is 5. The van der Waals surface area contributed by atoms with Crippen LogP contribution in [0.15, 0.2) is 12.1 Å². The van der Waals surface area contributed by atoms with Crippen LogP contribution < -0.4 is 4.90 Å². The molecule has 2 saturated heterocycles. The molecule has 0 radical (unpaired) electrons. The van der Waals surface area contributed by atoms with E-state index in [4.69, 9.17) is 4.74 Å². The number of piperidine rings is 1. The Morgan fingerprint density at radius 3 is 2.50 bits per heavy atom. The molecule has 22 heavy (non-hydrogen) atoms. The fourth-order valence-electron chi connectivity index (χ4n) is 3.30. The third kappa shape index (κ3) is 3.58. The average Bonchev–Trinajstić information content (AvgIpc) is 2.55. The van der Waals surface area contributed by atoms with Gasteiger partial charge in [0.05, 0.1) is 18.9 Å².